The second-order valence-corrected chi connectivity index (χ2v) is 7.25. The second-order valence-electron chi connectivity index (χ2n) is 5.43. The van der Waals surface area contributed by atoms with Crippen molar-refractivity contribution in [2.24, 2.45) is 5.92 Å². The third-order valence-corrected chi connectivity index (χ3v) is 6.23. The van der Waals surface area contributed by atoms with Crippen LogP contribution in [0.3, 0.4) is 0 Å². The Morgan fingerprint density at radius 1 is 1.28 bits per heavy atom. The van der Waals surface area contributed by atoms with E-state index in [2.05, 4.69) is 10.2 Å². The van der Waals surface area contributed by atoms with Gasteiger partial charge in [0.25, 0.3) is 0 Å². The van der Waals surface area contributed by atoms with Crippen LogP contribution in [-0.2, 0) is 10.0 Å². The van der Waals surface area contributed by atoms with E-state index in [1.165, 1.54) is 12.8 Å². The van der Waals surface area contributed by atoms with Gasteiger partial charge >= 0.3 is 0 Å². The van der Waals surface area contributed by atoms with Crippen molar-refractivity contribution in [3.63, 3.8) is 0 Å². The van der Waals surface area contributed by atoms with Gasteiger partial charge in [-0.05, 0) is 45.4 Å². The fraction of sp³-hybridized carbons (Fsp3) is 0.750. The van der Waals surface area contributed by atoms with Crippen LogP contribution >= 0.6 is 0 Å². The van der Waals surface area contributed by atoms with E-state index in [1.54, 1.807) is 18.2 Å². The molecule has 1 saturated heterocycles. The van der Waals surface area contributed by atoms with Crippen LogP contribution < -0.4 is 0 Å². The van der Waals surface area contributed by atoms with Gasteiger partial charge in [-0.25, -0.2) is 8.42 Å². The van der Waals surface area contributed by atoms with Crippen LogP contribution in [0.5, 0.6) is 0 Å². The van der Waals surface area contributed by atoms with Gasteiger partial charge in [0.1, 0.15) is 4.90 Å². The number of aromatic amines is 1. The molecule has 100 valence electrons. The topological polar surface area (TPSA) is 66.1 Å². The summed E-state index contributed by atoms with van der Waals surface area (Å²) in [6.45, 7) is 4.18. The Bertz CT molecular complexity index is 540. The van der Waals surface area contributed by atoms with Crippen molar-refractivity contribution in [1.82, 2.24) is 14.5 Å². The molecule has 0 bridgehead atoms. The first-order valence-corrected chi connectivity index (χ1v) is 7.99. The highest BCUT2D eigenvalue weighted by molar-refractivity contribution is 7.89. The number of hydrogen-bond acceptors (Lipinski definition) is 3. The minimum absolute atomic E-state index is 0.226. The van der Waals surface area contributed by atoms with Gasteiger partial charge in [0.15, 0.2) is 0 Å². The first-order valence-electron chi connectivity index (χ1n) is 6.55. The molecule has 1 aromatic rings. The largest absolute Gasteiger partial charge is 0.281 e. The average molecular weight is 269 g/mol. The van der Waals surface area contributed by atoms with Crippen molar-refractivity contribution >= 4 is 10.0 Å². The van der Waals surface area contributed by atoms with Gasteiger partial charge in [-0.1, -0.05) is 0 Å². The molecule has 1 N–H and O–H groups in total. The maximum atomic E-state index is 12.7. The van der Waals surface area contributed by atoms with Crippen LogP contribution in [0.25, 0.3) is 0 Å². The minimum Gasteiger partial charge on any atom is -0.281 e. The van der Waals surface area contributed by atoms with E-state index in [0.717, 1.165) is 12.8 Å². The number of H-pyrrole nitrogens is 1. The first kappa shape index (κ1) is 12.2. The number of sulfonamides is 1. The zero-order valence-corrected chi connectivity index (χ0v) is 11.6. The van der Waals surface area contributed by atoms with Crippen LogP contribution in [0, 0.1) is 19.8 Å². The smallest absolute Gasteiger partial charge is 0.246 e. The summed E-state index contributed by atoms with van der Waals surface area (Å²) in [7, 11) is -3.37. The summed E-state index contributed by atoms with van der Waals surface area (Å²) < 4.78 is 27.2. The highest BCUT2D eigenvalue weighted by Crippen LogP contribution is 2.42. The Labute approximate surface area is 108 Å². The van der Waals surface area contributed by atoms with Gasteiger partial charge in [0, 0.05) is 12.6 Å². The van der Waals surface area contributed by atoms with Gasteiger partial charge in [-0.2, -0.15) is 9.40 Å². The van der Waals surface area contributed by atoms with Gasteiger partial charge in [-0.3, -0.25) is 5.10 Å². The zero-order valence-electron chi connectivity index (χ0n) is 10.8. The fourth-order valence-electron chi connectivity index (χ4n) is 3.05. The summed E-state index contributed by atoms with van der Waals surface area (Å²) in [4.78, 5) is 0.384. The van der Waals surface area contributed by atoms with Crippen LogP contribution in [-0.4, -0.2) is 35.5 Å². The molecular formula is C12H19N3O2S. The Hall–Kier alpha value is -0.880. The lowest BCUT2D eigenvalue weighted by molar-refractivity contribution is 0.356. The lowest BCUT2D eigenvalue weighted by Gasteiger charge is -2.24. The predicted molar refractivity (Wildman–Crippen MR) is 67.7 cm³/mol. The van der Waals surface area contributed by atoms with E-state index in [-0.39, 0.29) is 6.04 Å². The molecule has 1 atom stereocenters. The molecule has 2 fully saturated rings. The lowest BCUT2D eigenvalue weighted by atomic mass is 10.1. The standard InChI is InChI=1S/C12H19N3O2S/c1-8-12(9(2)14-13-8)18(16,17)15-7-3-4-11(15)10-5-6-10/h10-11H,3-7H2,1-2H3,(H,13,14). The quantitative estimate of drug-likeness (QED) is 0.906. The van der Waals surface area contributed by atoms with Crippen molar-refractivity contribution in [2.45, 2.75) is 50.5 Å². The normalized spacial score (nSPS) is 25.8. The third-order valence-electron chi connectivity index (χ3n) is 4.04. The Kier molecular flexibility index (Phi) is 2.75. The van der Waals surface area contributed by atoms with Crippen LogP contribution in [0.15, 0.2) is 4.90 Å². The molecule has 18 heavy (non-hydrogen) atoms. The molecule has 2 aliphatic rings. The number of nitrogens with zero attached hydrogens (tertiary/aromatic N) is 2. The summed E-state index contributed by atoms with van der Waals surface area (Å²) in [5.74, 6) is 0.592. The Morgan fingerprint density at radius 2 is 2.00 bits per heavy atom. The van der Waals surface area contributed by atoms with Gasteiger partial charge < -0.3 is 0 Å². The number of nitrogens with one attached hydrogen (secondary N) is 1. The molecule has 0 aromatic carbocycles. The highest BCUT2D eigenvalue weighted by atomic mass is 32.2. The van der Waals surface area contributed by atoms with Crippen molar-refractivity contribution in [2.75, 3.05) is 6.54 Å². The molecule has 6 heteroatoms. The monoisotopic (exact) mass is 269 g/mol. The minimum atomic E-state index is -3.37. The van der Waals surface area contributed by atoms with Crippen LogP contribution in [0.1, 0.15) is 37.1 Å². The molecule has 3 rings (SSSR count). The van der Waals surface area contributed by atoms with E-state index in [1.807, 2.05) is 0 Å². The number of aromatic nitrogens is 2. The summed E-state index contributed by atoms with van der Waals surface area (Å²) >= 11 is 0. The van der Waals surface area contributed by atoms with Crippen LogP contribution in [0.4, 0.5) is 0 Å². The van der Waals surface area contributed by atoms with Crippen molar-refractivity contribution < 1.29 is 8.42 Å². The summed E-state index contributed by atoms with van der Waals surface area (Å²) in [5.41, 5.74) is 1.22. The summed E-state index contributed by atoms with van der Waals surface area (Å²) in [6, 6.07) is 0.226. The fourth-order valence-corrected chi connectivity index (χ4v) is 5.14. The number of rotatable bonds is 3. The van der Waals surface area contributed by atoms with Gasteiger partial charge in [0.05, 0.1) is 11.4 Å². The molecule has 0 radical (unpaired) electrons. The lowest BCUT2D eigenvalue weighted by Crippen LogP contribution is -2.37. The van der Waals surface area contributed by atoms with Crippen molar-refractivity contribution in [1.29, 1.82) is 0 Å². The molecule has 1 aliphatic carbocycles. The highest BCUT2D eigenvalue weighted by Gasteiger charge is 2.44. The first-order chi connectivity index (χ1) is 8.51. The third kappa shape index (κ3) is 1.78. The number of aryl methyl sites for hydroxylation is 2. The maximum absolute atomic E-state index is 12.7. The second kappa shape index (κ2) is 4.06. The van der Waals surface area contributed by atoms with E-state index in [0.29, 0.717) is 28.7 Å². The van der Waals surface area contributed by atoms with E-state index in [4.69, 9.17) is 0 Å². The Balaban J connectivity index is 1.99. The summed E-state index contributed by atoms with van der Waals surface area (Å²) in [5, 5.41) is 6.78. The predicted octanol–water partition coefficient (Wildman–Crippen LogP) is 1.59. The summed E-state index contributed by atoms with van der Waals surface area (Å²) in [6.07, 6.45) is 4.36. The molecule has 2 heterocycles. The average Bonchev–Trinajstić information content (AvgIpc) is 2.92. The molecular weight excluding hydrogens is 250 g/mol. The molecule has 0 amide bonds. The van der Waals surface area contributed by atoms with Gasteiger partial charge in [0.2, 0.25) is 10.0 Å². The number of hydrogen-bond donors (Lipinski definition) is 1. The molecule has 1 unspecified atom stereocenters. The zero-order chi connectivity index (χ0) is 12.9. The van der Waals surface area contributed by atoms with Crippen molar-refractivity contribution in [3.05, 3.63) is 11.4 Å². The molecule has 1 aliphatic heterocycles. The van der Waals surface area contributed by atoms with Crippen LogP contribution in [0.2, 0.25) is 0 Å². The Morgan fingerprint density at radius 3 is 2.56 bits per heavy atom. The van der Waals surface area contributed by atoms with Crippen molar-refractivity contribution in [3.8, 4) is 0 Å². The molecule has 5 nitrogen and oxygen atoms in total. The molecule has 0 spiro atoms. The van der Waals surface area contributed by atoms with E-state index < -0.39 is 10.0 Å². The van der Waals surface area contributed by atoms with E-state index in [9.17, 15) is 8.42 Å². The SMILES string of the molecule is Cc1n[nH]c(C)c1S(=O)(=O)N1CCCC1C1CC1. The maximum Gasteiger partial charge on any atom is 0.246 e. The van der Waals surface area contributed by atoms with E-state index >= 15 is 0 Å². The van der Waals surface area contributed by atoms with Gasteiger partial charge in [-0.15, -0.1) is 0 Å². The molecule has 1 aromatic heterocycles. The molecule has 1 saturated carbocycles.